The van der Waals surface area contributed by atoms with E-state index in [-0.39, 0.29) is 17.5 Å². The summed E-state index contributed by atoms with van der Waals surface area (Å²) in [6.07, 6.45) is 2.77. The Morgan fingerprint density at radius 2 is 2.09 bits per heavy atom. The van der Waals surface area contributed by atoms with Crippen molar-refractivity contribution in [2.24, 2.45) is 0 Å². The highest BCUT2D eigenvalue weighted by Gasteiger charge is 2.22. The molecule has 1 aromatic carbocycles. The second-order valence-corrected chi connectivity index (χ2v) is 5.39. The number of benzene rings is 1. The first-order valence-corrected chi connectivity index (χ1v) is 7.32. The third kappa shape index (κ3) is 3.62. The van der Waals surface area contributed by atoms with Crippen LogP contribution in [0.5, 0.6) is 5.75 Å². The number of amides is 2. The number of hydroxylamine groups is 1. The molecule has 1 aliphatic heterocycles. The van der Waals surface area contributed by atoms with E-state index >= 15 is 0 Å². The van der Waals surface area contributed by atoms with E-state index in [1.807, 2.05) is 24.9 Å². The third-order valence-corrected chi connectivity index (χ3v) is 3.86. The maximum absolute atomic E-state index is 12.3. The summed E-state index contributed by atoms with van der Waals surface area (Å²) in [6.45, 7) is 2.68. The first-order valence-electron chi connectivity index (χ1n) is 7.32. The minimum atomic E-state index is -0.621. The van der Waals surface area contributed by atoms with Crippen LogP contribution in [0.1, 0.15) is 35.3 Å². The molecule has 1 aromatic rings. The van der Waals surface area contributed by atoms with E-state index in [4.69, 9.17) is 9.94 Å². The molecule has 0 saturated heterocycles. The van der Waals surface area contributed by atoms with Crippen LogP contribution in [0.15, 0.2) is 30.0 Å². The number of hydrogen-bond acceptors (Lipinski definition) is 5. The summed E-state index contributed by atoms with van der Waals surface area (Å²) in [4.78, 5) is 25.7. The van der Waals surface area contributed by atoms with Crippen LogP contribution in [0.25, 0.3) is 0 Å². The Balaban J connectivity index is 2.17. The molecule has 0 aromatic heterocycles. The van der Waals surface area contributed by atoms with Gasteiger partial charge in [-0.1, -0.05) is 12.1 Å². The van der Waals surface area contributed by atoms with Crippen molar-refractivity contribution < 1.29 is 19.5 Å². The van der Waals surface area contributed by atoms with Crippen LogP contribution in [0.4, 0.5) is 0 Å². The zero-order valence-electron chi connectivity index (χ0n) is 13.4. The number of methoxy groups -OCH3 is 1. The normalized spacial score (nSPS) is 15.0. The van der Waals surface area contributed by atoms with Gasteiger partial charge in [0.2, 0.25) is 0 Å². The van der Waals surface area contributed by atoms with Crippen LogP contribution in [-0.4, -0.2) is 42.6 Å². The number of hydrogen-bond donors (Lipinski definition) is 3. The van der Waals surface area contributed by atoms with Gasteiger partial charge in [0.05, 0.1) is 18.8 Å². The molecule has 7 heteroatoms. The molecule has 2 rings (SSSR count). The number of carbonyl (C=O) groups excluding carboxylic acids is 2. The summed E-state index contributed by atoms with van der Waals surface area (Å²) in [5.74, 6) is -0.298. The van der Waals surface area contributed by atoms with Crippen molar-refractivity contribution >= 4 is 11.8 Å². The van der Waals surface area contributed by atoms with Gasteiger partial charge in [-0.3, -0.25) is 14.8 Å². The molecule has 2 amide bonds. The van der Waals surface area contributed by atoms with Crippen molar-refractivity contribution in [3.63, 3.8) is 0 Å². The summed E-state index contributed by atoms with van der Waals surface area (Å²) in [5, 5.41) is 11.6. The number of nitrogens with zero attached hydrogens (tertiary/aromatic N) is 1. The molecule has 0 spiro atoms. The molecular formula is C16H21N3O4. The largest absolute Gasteiger partial charge is 0.496 e. The van der Waals surface area contributed by atoms with Gasteiger partial charge in [0.25, 0.3) is 11.8 Å². The highest BCUT2D eigenvalue weighted by Crippen LogP contribution is 2.27. The first-order chi connectivity index (χ1) is 11.0. The third-order valence-electron chi connectivity index (χ3n) is 3.86. The lowest BCUT2D eigenvalue weighted by atomic mass is 10.0. The summed E-state index contributed by atoms with van der Waals surface area (Å²) >= 11 is 0. The van der Waals surface area contributed by atoms with Crippen LogP contribution >= 0.6 is 0 Å². The summed E-state index contributed by atoms with van der Waals surface area (Å²) in [5.41, 5.74) is 3.25. The predicted molar refractivity (Wildman–Crippen MR) is 84.1 cm³/mol. The van der Waals surface area contributed by atoms with E-state index in [1.54, 1.807) is 17.6 Å². The fourth-order valence-electron chi connectivity index (χ4n) is 2.56. The van der Waals surface area contributed by atoms with Crippen molar-refractivity contribution in [3.8, 4) is 5.75 Å². The van der Waals surface area contributed by atoms with Crippen LogP contribution in [0.3, 0.4) is 0 Å². The van der Waals surface area contributed by atoms with Crippen LogP contribution in [-0.2, 0) is 4.79 Å². The second kappa shape index (κ2) is 7.15. The minimum Gasteiger partial charge on any atom is -0.496 e. The number of nitrogens with one attached hydrogen (secondary N) is 2. The summed E-state index contributed by atoms with van der Waals surface area (Å²) in [7, 11) is 3.37. The van der Waals surface area contributed by atoms with Gasteiger partial charge in [-0.05, 0) is 25.5 Å². The Kier molecular flexibility index (Phi) is 5.23. The average molecular weight is 319 g/mol. The molecule has 1 unspecified atom stereocenters. The topological polar surface area (TPSA) is 90.9 Å². The Morgan fingerprint density at radius 1 is 1.35 bits per heavy atom. The fourth-order valence-corrected chi connectivity index (χ4v) is 2.56. The molecule has 1 atom stereocenters. The van der Waals surface area contributed by atoms with Gasteiger partial charge in [0, 0.05) is 24.7 Å². The zero-order chi connectivity index (χ0) is 17.0. The Hall–Kier alpha value is -2.54. The smallest absolute Gasteiger partial charge is 0.274 e. The Labute approximate surface area is 134 Å². The van der Waals surface area contributed by atoms with Crippen LogP contribution in [0, 0.1) is 0 Å². The van der Waals surface area contributed by atoms with E-state index in [0.29, 0.717) is 11.4 Å². The highest BCUT2D eigenvalue weighted by atomic mass is 16.5. The second-order valence-electron chi connectivity index (χ2n) is 5.39. The molecule has 0 bridgehead atoms. The fraction of sp³-hybridized carbons (Fsp3) is 0.375. The van der Waals surface area contributed by atoms with Gasteiger partial charge in [-0.25, -0.2) is 5.48 Å². The lowest BCUT2D eigenvalue weighted by Gasteiger charge is -2.21. The lowest BCUT2D eigenvalue weighted by Crippen LogP contribution is -2.33. The summed E-state index contributed by atoms with van der Waals surface area (Å²) < 4.78 is 5.29. The van der Waals surface area contributed by atoms with Gasteiger partial charge in [-0.15, -0.1) is 0 Å². The van der Waals surface area contributed by atoms with E-state index < -0.39 is 5.91 Å². The van der Waals surface area contributed by atoms with E-state index in [2.05, 4.69) is 5.32 Å². The Bertz CT molecular complexity index is 642. The number of rotatable bonds is 5. The van der Waals surface area contributed by atoms with Crippen molar-refractivity contribution in [3.05, 3.63) is 41.1 Å². The van der Waals surface area contributed by atoms with Crippen LogP contribution < -0.4 is 15.5 Å². The quantitative estimate of drug-likeness (QED) is 0.560. The Morgan fingerprint density at radius 3 is 2.65 bits per heavy atom. The standard InChI is InChI=1S/C16H21N3O4/c1-10(17-16(21)13-5-4-8-19(13)2)12-7-6-11(15(20)18-22)9-14(12)23-3/h5-7,9-10,22H,4,8H2,1-3H3,(H,17,21)(H,18,20). The highest BCUT2D eigenvalue weighted by molar-refractivity contribution is 5.94. The molecule has 3 N–H and O–H groups in total. The molecule has 23 heavy (non-hydrogen) atoms. The summed E-state index contributed by atoms with van der Waals surface area (Å²) in [6, 6.07) is 4.48. The monoisotopic (exact) mass is 319 g/mol. The zero-order valence-corrected chi connectivity index (χ0v) is 13.4. The van der Waals surface area contributed by atoms with Gasteiger partial charge < -0.3 is 15.0 Å². The molecule has 0 aliphatic carbocycles. The molecule has 124 valence electrons. The number of carbonyl (C=O) groups is 2. The molecule has 0 fully saturated rings. The first kappa shape index (κ1) is 16.8. The maximum Gasteiger partial charge on any atom is 0.274 e. The van der Waals surface area contributed by atoms with Crippen molar-refractivity contribution in [2.45, 2.75) is 19.4 Å². The molecule has 7 nitrogen and oxygen atoms in total. The van der Waals surface area contributed by atoms with E-state index in [1.165, 1.54) is 13.2 Å². The van der Waals surface area contributed by atoms with Gasteiger partial charge >= 0.3 is 0 Å². The molecule has 0 saturated carbocycles. The number of likely N-dealkylation sites (N-methyl/N-ethyl adjacent to an activating group) is 1. The van der Waals surface area contributed by atoms with E-state index in [0.717, 1.165) is 18.5 Å². The number of ether oxygens (including phenoxy) is 1. The van der Waals surface area contributed by atoms with Crippen molar-refractivity contribution in [2.75, 3.05) is 20.7 Å². The SMILES string of the molecule is COc1cc(C(=O)NO)ccc1C(C)NC(=O)C1=CCCN1C. The molecular weight excluding hydrogens is 298 g/mol. The van der Waals surface area contributed by atoms with E-state index in [9.17, 15) is 9.59 Å². The van der Waals surface area contributed by atoms with Crippen molar-refractivity contribution in [1.82, 2.24) is 15.7 Å². The van der Waals surface area contributed by atoms with Crippen molar-refractivity contribution in [1.29, 1.82) is 0 Å². The maximum atomic E-state index is 12.3. The van der Waals surface area contributed by atoms with Gasteiger partial charge in [-0.2, -0.15) is 0 Å². The molecule has 1 heterocycles. The lowest BCUT2D eigenvalue weighted by molar-refractivity contribution is -0.119. The molecule has 1 aliphatic rings. The average Bonchev–Trinajstić information content (AvgIpc) is 2.99. The molecule has 0 radical (unpaired) electrons. The van der Waals surface area contributed by atoms with Crippen LogP contribution in [0.2, 0.25) is 0 Å². The minimum absolute atomic E-state index is 0.142. The van der Waals surface area contributed by atoms with Gasteiger partial charge in [0.1, 0.15) is 5.75 Å². The van der Waals surface area contributed by atoms with Gasteiger partial charge in [0.15, 0.2) is 0 Å². The predicted octanol–water partition coefficient (Wildman–Crippen LogP) is 1.21.